The van der Waals surface area contributed by atoms with Crippen LogP contribution >= 0.6 is 0 Å². The molecule has 2 rings (SSSR count). The smallest absolute Gasteiger partial charge is 0.380 e. The summed E-state index contributed by atoms with van der Waals surface area (Å²) in [5, 5.41) is 6.59. The lowest BCUT2D eigenvalue weighted by molar-refractivity contribution is 0.0350. The minimum atomic E-state index is -2.99. The maximum absolute atomic E-state index is 12.7. The van der Waals surface area contributed by atoms with E-state index < -0.39 is 24.0 Å². The number of oxime groups is 1. The number of nitrogens with zero attached hydrogens (tertiary/aromatic N) is 3. The van der Waals surface area contributed by atoms with Gasteiger partial charge in [-0.15, -0.1) is 0 Å². The van der Waals surface area contributed by atoms with Gasteiger partial charge in [0, 0.05) is 5.56 Å². The van der Waals surface area contributed by atoms with Gasteiger partial charge in [-0.1, -0.05) is 5.16 Å². The van der Waals surface area contributed by atoms with Crippen LogP contribution in [0.25, 0.3) is 0 Å². The molecule has 6 nitrogen and oxygen atoms in total. The minimum absolute atomic E-state index is 0.186. The monoisotopic (exact) mass is 298 g/mol. The third kappa shape index (κ3) is 3.38. The van der Waals surface area contributed by atoms with Crippen LogP contribution in [0.15, 0.2) is 41.7 Å². The molecule has 9 heteroatoms. The normalized spacial score (nSPS) is 11.7. The summed E-state index contributed by atoms with van der Waals surface area (Å²) in [5.74, 6) is -1.81. The number of carbonyl (C=O) groups excluding carboxylic acids is 1. The van der Waals surface area contributed by atoms with Crippen LogP contribution in [0.4, 0.5) is 13.2 Å². The summed E-state index contributed by atoms with van der Waals surface area (Å²) in [6, 6.07) is 5.99. The molecule has 0 saturated heterocycles. The third-order valence-corrected chi connectivity index (χ3v) is 2.43. The van der Waals surface area contributed by atoms with E-state index in [1.54, 1.807) is 0 Å². The van der Waals surface area contributed by atoms with Crippen LogP contribution in [-0.2, 0) is 4.84 Å². The highest BCUT2D eigenvalue weighted by Gasteiger charge is 2.19. The van der Waals surface area contributed by atoms with Crippen molar-refractivity contribution >= 4 is 11.8 Å². The van der Waals surface area contributed by atoms with Gasteiger partial charge >= 0.3 is 12.5 Å². The second-order valence-corrected chi connectivity index (χ2v) is 3.80. The van der Waals surface area contributed by atoms with Gasteiger partial charge in [-0.05, 0) is 30.3 Å². The zero-order chi connectivity index (χ0) is 15.4. The van der Waals surface area contributed by atoms with Crippen LogP contribution < -0.4 is 5.73 Å². The van der Waals surface area contributed by atoms with Crippen molar-refractivity contribution in [2.24, 2.45) is 10.9 Å². The largest absolute Gasteiger partial charge is 0.383 e. The number of amidine groups is 1. The summed E-state index contributed by atoms with van der Waals surface area (Å²) in [7, 11) is 0. The van der Waals surface area contributed by atoms with Gasteiger partial charge in [0.15, 0.2) is 11.5 Å². The maximum atomic E-state index is 12.7. The van der Waals surface area contributed by atoms with Crippen molar-refractivity contribution in [1.82, 2.24) is 9.78 Å². The van der Waals surface area contributed by atoms with Crippen molar-refractivity contribution in [3.63, 3.8) is 0 Å². The molecule has 0 unspecified atom stereocenters. The molecule has 1 aromatic heterocycles. The predicted molar refractivity (Wildman–Crippen MR) is 66.0 cm³/mol. The Morgan fingerprint density at radius 2 is 1.95 bits per heavy atom. The Balaban J connectivity index is 2.11. The molecule has 2 aromatic rings. The molecule has 1 heterocycles. The average Bonchev–Trinajstić information content (AvgIpc) is 2.95. The molecule has 110 valence electrons. The standard InChI is InChI=1S/C12H9F3N4O2/c13-8-3-1-7(2-4-8)10(16)18-21-11(20)9-5-6-17-19(9)12(14)15/h1-6,12H,(H2,16,18). The lowest BCUT2D eigenvalue weighted by atomic mass is 10.2. The summed E-state index contributed by atoms with van der Waals surface area (Å²) in [4.78, 5) is 16.0. The highest BCUT2D eigenvalue weighted by molar-refractivity contribution is 5.97. The van der Waals surface area contributed by atoms with Crippen molar-refractivity contribution in [2.45, 2.75) is 6.55 Å². The zero-order valence-electron chi connectivity index (χ0n) is 10.4. The summed E-state index contributed by atoms with van der Waals surface area (Å²) >= 11 is 0. The predicted octanol–water partition coefficient (Wildman–Crippen LogP) is 1.89. The average molecular weight is 298 g/mol. The highest BCUT2D eigenvalue weighted by atomic mass is 19.3. The van der Waals surface area contributed by atoms with E-state index in [1.807, 2.05) is 0 Å². The second-order valence-electron chi connectivity index (χ2n) is 3.80. The fourth-order valence-electron chi connectivity index (χ4n) is 1.44. The summed E-state index contributed by atoms with van der Waals surface area (Å²) in [6.45, 7) is -2.99. The Kier molecular flexibility index (Phi) is 4.21. The molecule has 0 spiro atoms. The van der Waals surface area contributed by atoms with Crippen LogP contribution in [0.1, 0.15) is 22.6 Å². The van der Waals surface area contributed by atoms with Gasteiger partial charge in [0.1, 0.15) is 5.82 Å². The molecule has 0 amide bonds. The van der Waals surface area contributed by atoms with Gasteiger partial charge in [-0.3, -0.25) is 0 Å². The second kappa shape index (κ2) is 6.07. The van der Waals surface area contributed by atoms with Crippen molar-refractivity contribution < 1.29 is 22.8 Å². The molecule has 0 aliphatic rings. The van der Waals surface area contributed by atoms with E-state index >= 15 is 0 Å². The Labute approximate surface area is 116 Å². The lowest BCUT2D eigenvalue weighted by Gasteiger charge is -2.04. The van der Waals surface area contributed by atoms with Crippen LogP contribution in [-0.4, -0.2) is 21.6 Å². The van der Waals surface area contributed by atoms with Crippen LogP contribution in [0.5, 0.6) is 0 Å². The van der Waals surface area contributed by atoms with Crippen molar-refractivity contribution in [1.29, 1.82) is 0 Å². The van der Waals surface area contributed by atoms with Gasteiger partial charge < -0.3 is 10.6 Å². The first-order chi connectivity index (χ1) is 9.99. The van der Waals surface area contributed by atoms with E-state index in [2.05, 4.69) is 15.1 Å². The third-order valence-electron chi connectivity index (χ3n) is 2.43. The van der Waals surface area contributed by atoms with E-state index in [-0.39, 0.29) is 10.5 Å². The molecule has 21 heavy (non-hydrogen) atoms. The lowest BCUT2D eigenvalue weighted by Crippen LogP contribution is -2.17. The van der Waals surface area contributed by atoms with E-state index in [9.17, 15) is 18.0 Å². The number of benzene rings is 1. The molecule has 0 aliphatic heterocycles. The molecular formula is C12H9F3N4O2. The Bertz CT molecular complexity index is 667. The molecule has 0 saturated carbocycles. The van der Waals surface area contributed by atoms with Gasteiger partial charge in [0.2, 0.25) is 0 Å². The first kappa shape index (κ1) is 14.6. The molecule has 0 bridgehead atoms. The highest BCUT2D eigenvalue weighted by Crippen LogP contribution is 2.13. The maximum Gasteiger partial charge on any atom is 0.383 e. The Morgan fingerprint density at radius 3 is 2.57 bits per heavy atom. The van der Waals surface area contributed by atoms with Crippen molar-refractivity contribution in [3.05, 3.63) is 53.6 Å². The van der Waals surface area contributed by atoms with E-state index in [4.69, 9.17) is 5.73 Å². The molecule has 0 atom stereocenters. The molecular weight excluding hydrogens is 289 g/mol. The number of rotatable bonds is 4. The fraction of sp³-hybridized carbons (Fsp3) is 0.0833. The SMILES string of the molecule is N/C(=N\OC(=O)c1ccnn1C(F)F)c1ccc(F)cc1. The first-order valence-electron chi connectivity index (χ1n) is 5.61. The molecule has 0 aliphatic carbocycles. The van der Waals surface area contributed by atoms with Crippen LogP contribution in [0.2, 0.25) is 0 Å². The number of halogens is 3. The van der Waals surface area contributed by atoms with Gasteiger partial charge in [0.25, 0.3) is 0 Å². The molecule has 1 aromatic carbocycles. The van der Waals surface area contributed by atoms with Crippen LogP contribution in [0.3, 0.4) is 0 Å². The van der Waals surface area contributed by atoms with E-state index in [1.165, 1.54) is 12.1 Å². The fourth-order valence-corrected chi connectivity index (χ4v) is 1.44. The number of aromatic nitrogens is 2. The van der Waals surface area contributed by atoms with Crippen molar-refractivity contribution in [2.75, 3.05) is 0 Å². The number of hydrogen-bond acceptors (Lipinski definition) is 4. The number of alkyl halides is 2. The topological polar surface area (TPSA) is 82.5 Å². The van der Waals surface area contributed by atoms with Gasteiger partial charge in [0.05, 0.1) is 6.20 Å². The molecule has 0 radical (unpaired) electrons. The first-order valence-corrected chi connectivity index (χ1v) is 5.61. The number of carbonyl (C=O) groups is 1. The Hall–Kier alpha value is -2.84. The minimum Gasteiger partial charge on any atom is -0.380 e. The quantitative estimate of drug-likeness (QED) is 0.404. The van der Waals surface area contributed by atoms with Crippen molar-refractivity contribution in [3.8, 4) is 0 Å². The number of nitrogens with two attached hydrogens (primary N) is 1. The van der Waals surface area contributed by atoms with Crippen LogP contribution in [0, 0.1) is 5.82 Å². The van der Waals surface area contributed by atoms with E-state index in [0.717, 1.165) is 24.4 Å². The van der Waals surface area contributed by atoms with Gasteiger partial charge in [-0.2, -0.15) is 18.6 Å². The zero-order valence-corrected chi connectivity index (χ0v) is 10.4. The molecule has 2 N–H and O–H groups in total. The summed E-state index contributed by atoms with van der Waals surface area (Å²) in [5.41, 5.74) is 5.36. The number of hydrogen-bond donors (Lipinski definition) is 1. The van der Waals surface area contributed by atoms with Gasteiger partial charge in [-0.25, -0.2) is 9.18 Å². The molecule has 0 fully saturated rings. The van der Waals surface area contributed by atoms with E-state index in [0.29, 0.717) is 5.56 Å². The summed E-state index contributed by atoms with van der Waals surface area (Å²) in [6.07, 6.45) is 1.02. The summed E-state index contributed by atoms with van der Waals surface area (Å²) < 4.78 is 37.9. The Morgan fingerprint density at radius 1 is 1.29 bits per heavy atom.